The highest BCUT2D eigenvalue weighted by atomic mass is 19.4. The highest BCUT2D eigenvalue weighted by Gasteiger charge is 2.35. The maximum Gasteiger partial charge on any atom is 0.434 e. The van der Waals surface area contributed by atoms with E-state index in [0.717, 1.165) is 30.3 Å². The standard InChI is InChI=1S/C27H27F3N6O3/c1-5-36-13-20(27(28,29)30)34-24(36)18-10-6-16(7-11-18)15(2)39-25-19(37-3)12-31-23(35-25)21-22(17-8-9-17)32-14-33-26(21)38-4/h6-7,10-15,17H,5,8-9H2,1-4H3/t15-/m1/s1. The van der Waals surface area contributed by atoms with Gasteiger partial charge in [0.15, 0.2) is 17.3 Å². The second-order valence-electron chi connectivity index (χ2n) is 9.10. The van der Waals surface area contributed by atoms with E-state index in [0.29, 0.717) is 41.0 Å². The summed E-state index contributed by atoms with van der Waals surface area (Å²) in [5.41, 5.74) is 1.88. The van der Waals surface area contributed by atoms with Crippen LogP contribution in [0.4, 0.5) is 13.2 Å². The summed E-state index contributed by atoms with van der Waals surface area (Å²) in [7, 11) is 3.03. The second-order valence-corrected chi connectivity index (χ2v) is 9.10. The number of aryl methyl sites for hydroxylation is 1. The molecule has 9 nitrogen and oxygen atoms in total. The third kappa shape index (κ3) is 5.36. The van der Waals surface area contributed by atoms with Gasteiger partial charge in [0.2, 0.25) is 5.88 Å². The fraction of sp³-hybridized carbons (Fsp3) is 0.370. The first-order chi connectivity index (χ1) is 18.7. The van der Waals surface area contributed by atoms with Crippen LogP contribution in [0, 0.1) is 0 Å². The van der Waals surface area contributed by atoms with E-state index in [9.17, 15) is 13.2 Å². The number of halogens is 3. The largest absolute Gasteiger partial charge is 0.490 e. The zero-order valence-corrected chi connectivity index (χ0v) is 21.9. The number of alkyl halides is 3. The number of methoxy groups -OCH3 is 2. The summed E-state index contributed by atoms with van der Waals surface area (Å²) in [6.07, 6.45) is 1.09. The first kappa shape index (κ1) is 26.4. The average molecular weight is 541 g/mol. The van der Waals surface area contributed by atoms with Crippen LogP contribution in [-0.2, 0) is 12.7 Å². The van der Waals surface area contributed by atoms with Gasteiger partial charge in [0.1, 0.15) is 23.8 Å². The molecule has 0 spiro atoms. The molecule has 3 aromatic heterocycles. The van der Waals surface area contributed by atoms with Crippen LogP contribution >= 0.6 is 0 Å². The molecular weight excluding hydrogens is 513 g/mol. The van der Waals surface area contributed by atoms with Gasteiger partial charge < -0.3 is 18.8 Å². The van der Waals surface area contributed by atoms with Crippen LogP contribution in [-0.4, -0.2) is 43.7 Å². The van der Waals surface area contributed by atoms with Crippen LogP contribution < -0.4 is 14.2 Å². The molecule has 1 aliphatic carbocycles. The SMILES string of the molecule is CCn1cc(C(F)(F)F)nc1-c1ccc([C@@H](C)Oc2nc(-c3c(OC)ncnc3C3CC3)ncc2OC)cc1. The topological polar surface area (TPSA) is 97.1 Å². The van der Waals surface area contributed by atoms with E-state index in [1.165, 1.54) is 31.3 Å². The van der Waals surface area contributed by atoms with Crippen molar-refractivity contribution in [2.45, 2.75) is 51.4 Å². The Morgan fingerprint density at radius 2 is 1.74 bits per heavy atom. The zero-order valence-electron chi connectivity index (χ0n) is 21.9. The smallest absolute Gasteiger partial charge is 0.434 e. The summed E-state index contributed by atoms with van der Waals surface area (Å²) in [6.45, 7) is 3.96. The van der Waals surface area contributed by atoms with Gasteiger partial charge in [-0.1, -0.05) is 24.3 Å². The molecule has 1 saturated carbocycles. The molecule has 1 atom stereocenters. The highest BCUT2D eigenvalue weighted by molar-refractivity contribution is 5.66. The highest BCUT2D eigenvalue weighted by Crippen LogP contribution is 2.45. The van der Waals surface area contributed by atoms with Gasteiger partial charge in [-0.05, 0) is 32.3 Å². The minimum absolute atomic E-state index is 0.225. The fourth-order valence-corrected chi connectivity index (χ4v) is 4.28. The Labute approximate surface area is 223 Å². The van der Waals surface area contributed by atoms with Gasteiger partial charge in [0.05, 0.1) is 26.1 Å². The van der Waals surface area contributed by atoms with Crippen molar-refractivity contribution in [1.82, 2.24) is 29.5 Å². The van der Waals surface area contributed by atoms with E-state index < -0.39 is 18.0 Å². The van der Waals surface area contributed by atoms with Crippen molar-refractivity contribution in [3.05, 3.63) is 59.9 Å². The maximum absolute atomic E-state index is 13.2. The van der Waals surface area contributed by atoms with Crippen LogP contribution in [0.25, 0.3) is 22.8 Å². The van der Waals surface area contributed by atoms with E-state index in [1.54, 1.807) is 31.2 Å². The molecule has 0 N–H and O–H groups in total. The van der Waals surface area contributed by atoms with Crippen molar-refractivity contribution in [3.8, 4) is 40.3 Å². The second kappa shape index (κ2) is 10.5. The van der Waals surface area contributed by atoms with Gasteiger partial charge in [0.25, 0.3) is 5.88 Å². The summed E-state index contributed by atoms with van der Waals surface area (Å²) in [4.78, 5) is 21.6. The van der Waals surface area contributed by atoms with Gasteiger partial charge in [-0.3, -0.25) is 0 Å². The molecule has 0 radical (unpaired) electrons. The third-order valence-electron chi connectivity index (χ3n) is 6.50. The Balaban J connectivity index is 1.42. The Bertz CT molecular complexity index is 1470. The van der Waals surface area contributed by atoms with Crippen molar-refractivity contribution >= 4 is 0 Å². The average Bonchev–Trinajstić information content (AvgIpc) is 3.69. The van der Waals surface area contributed by atoms with E-state index in [2.05, 4.69) is 24.9 Å². The van der Waals surface area contributed by atoms with E-state index in [-0.39, 0.29) is 11.7 Å². The summed E-state index contributed by atoms with van der Waals surface area (Å²) >= 11 is 0. The Hall–Kier alpha value is -4.22. The molecule has 0 unspecified atom stereocenters. The van der Waals surface area contributed by atoms with Crippen molar-refractivity contribution in [3.63, 3.8) is 0 Å². The quantitative estimate of drug-likeness (QED) is 0.260. The lowest BCUT2D eigenvalue weighted by Gasteiger charge is -2.18. The Morgan fingerprint density at radius 1 is 1.00 bits per heavy atom. The zero-order chi connectivity index (χ0) is 27.7. The molecular formula is C27H27F3N6O3. The number of hydrogen-bond donors (Lipinski definition) is 0. The predicted octanol–water partition coefficient (Wildman–Crippen LogP) is 5.87. The summed E-state index contributed by atoms with van der Waals surface area (Å²) < 4.78 is 58.1. The van der Waals surface area contributed by atoms with Gasteiger partial charge in [-0.2, -0.15) is 18.2 Å². The molecule has 5 rings (SSSR count). The number of hydrogen-bond acceptors (Lipinski definition) is 8. The number of benzene rings is 1. The Kier molecular flexibility index (Phi) is 7.11. The van der Waals surface area contributed by atoms with Crippen LogP contribution in [0.3, 0.4) is 0 Å². The molecule has 0 saturated heterocycles. The van der Waals surface area contributed by atoms with E-state index in [1.807, 2.05) is 6.92 Å². The molecule has 12 heteroatoms. The van der Waals surface area contributed by atoms with Crippen molar-refractivity contribution < 1.29 is 27.4 Å². The van der Waals surface area contributed by atoms with Crippen molar-refractivity contribution in [1.29, 1.82) is 0 Å². The van der Waals surface area contributed by atoms with Gasteiger partial charge in [0, 0.05) is 24.2 Å². The lowest BCUT2D eigenvalue weighted by atomic mass is 10.1. The summed E-state index contributed by atoms with van der Waals surface area (Å²) in [5, 5.41) is 0. The number of imidazole rings is 1. The molecule has 1 aromatic carbocycles. The third-order valence-corrected chi connectivity index (χ3v) is 6.50. The molecule has 204 valence electrons. The van der Waals surface area contributed by atoms with Gasteiger partial charge in [-0.15, -0.1) is 0 Å². The molecule has 0 amide bonds. The molecule has 1 fully saturated rings. The molecule has 0 bridgehead atoms. The molecule has 1 aliphatic rings. The fourth-order valence-electron chi connectivity index (χ4n) is 4.28. The molecule has 4 aromatic rings. The van der Waals surface area contributed by atoms with Gasteiger partial charge >= 0.3 is 6.18 Å². The van der Waals surface area contributed by atoms with Crippen LogP contribution in [0.15, 0.2) is 43.0 Å². The maximum atomic E-state index is 13.2. The lowest BCUT2D eigenvalue weighted by Crippen LogP contribution is -2.08. The van der Waals surface area contributed by atoms with Gasteiger partial charge in [-0.25, -0.2) is 19.9 Å². The van der Waals surface area contributed by atoms with Crippen LogP contribution in [0.2, 0.25) is 0 Å². The number of ether oxygens (including phenoxy) is 3. The molecule has 0 aliphatic heterocycles. The number of rotatable bonds is 9. The summed E-state index contributed by atoms with van der Waals surface area (Å²) in [5.74, 6) is 1.86. The number of aromatic nitrogens is 6. The van der Waals surface area contributed by atoms with E-state index in [4.69, 9.17) is 14.2 Å². The normalized spacial score (nSPS) is 14.2. The first-order valence-corrected chi connectivity index (χ1v) is 12.4. The van der Waals surface area contributed by atoms with E-state index >= 15 is 0 Å². The molecule has 3 heterocycles. The lowest BCUT2D eigenvalue weighted by molar-refractivity contribution is -0.140. The van der Waals surface area contributed by atoms with Crippen LogP contribution in [0.5, 0.6) is 17.5 Å². The summed E-state index contributed by atoms with van der Waals surface area (Å²) in [6, 6.07) is 7.02. The minimum atomic E-state index is -4.51. The van der Waals surface area contributed by atoms with Crippen molar-refractivity contribution in [2.75, 3.05) is 14.2 Å². The predicted molar refractivity (Wildman–Crippen MR) is 136 cm³/mol. The monoisotopic (exact) mass is 540 g/mol. The first-order valence-electron chi connectivity index (χ1n) is 12.4. The Morgan fingerprint density at radius 3 is 2.36 bits per heavy atom. The molecule has 39 heavy (non-hydrogen) atoms. The number of nitrogens with zero attached hydrogens (tertiary/aromatic N) is 6. The van der Waals surface area contributed by atoms with Crippen LogP contribution in [0.1, 0.15) is 55.7 Å². The minimum Gasteiger partial charge on any atom is -0.490 e. The van der Waals surface area contributed by atoms with Crippen molar-refractivity contribution in [2.24, 2.45) is 0 Å².